The lowest BCUT2D eigenvalue weighted by Crippen LogP contribution is -2.41. The van der Waals surface area contributed by atoms with Gasteiger partial charge < -0.3 is 15.8 Å². The Balaban J connectivity index is 1.70. The number of hydrogen-bond acceptors (Lipinski definition) is 3. The van der Waals surface area contributed by atoms with Gasteiger partial charge >= 0.3 is 0 Å². The quantitative estimate of drug-likeness (QED) is 0.803. The number of halogens is 1. The van der Waals surface area contributed by atoms with Crippen molar-refractivity contribution in [2.45, 2.75) is 37.5 Å². The molecule has 110 valence electrons. The molecule has 0 saturated carbocycles. The molecule has 5 heteroatoms. The van der Waals surface area contributed by atoms with Crippen LogP contribution in [-0.4, -0.2) is 30.7 Å². The number of fused-ring (bicyclic) bond motifs is 2. The van der Waals surface area contributed by atoms with Crippen molar-refractivity contribution in [2.75, 3.05) is 6.54 Å². The highest BCUT2D eigenvalue weighted by molar-refractivity contribution is 5.94. The molecule has 2 heterocycles. The van der Waals surface area contributed by atoms with Gasteiger partial charge in [0.05, 0.1) is 30.4 Å². The molecule has 1 aromatic carbocycles. The molecule has 3 N–H and O–H groups in total. The first-order chi connectivity index (χ1) is 10.2. The molecule has 0 radical (unpaired) electrons. The summed E-state index contributed by atoms with van der Waals surface area (Å²) in [6, 6.07) is 4.33. The molecule has 2 bridgehead atoms. The van der Waals surface area contributed by atoms with E-state index >= 15 is 0 Å². The number of rotatable bonds is 2. The van der Waals surface area contributed by atoms with Gasteiger partial charge in [-0.1, -0.05) is 11.8 Å². The maximum absolute atomic E-state index is 14.0. The number of nitrogens with one attached hydrogen (secondary N) is 1. The minimum atomic E-state index is -0.569. The molecule has 2 aliphatic rings. The number of carbonyl (C=O) groups excluding carboxylic acids is 1. The zero-order valence-corrected chi connectivity index (χ0v) is 11.6. The number of hydrogen-bond donors (Lipinski definition) is 2. The second-order valence-corrected chi connectivity index (χ2v) is 5.39. The van der Waals surface area contributed by atoms with E-state index in [2.05, 4.69) is 17.2 Å². The molecular weight excluding hydrogens is 271 g/mol. The molecule has 0 aromatic heterocycles. The summed E-state index contributed by atoms with van der Waals surface area (Å²) in [5.41, 5.74) is 5.82. The zero-order chi connectivity index (χ0) is 14.8. The average molecular weight is 288 g/mol. The smallest absolute Gasteiger partial charge is 0.254 e. The van der Waals surface area contributed by atoms with Gasteiger partial charge in [-0.05, 0) is 37.5 Å². The van der Waals surface area contributed by atoms with E-state index in [4.69, 9.17) is 10.5 Å². The Kier molecular flexibility index (Phi) is 3.91. The fourth-order valence-corrected chi connectivity index (χ4v) is 2.97. The van der Waals surface area contributed by atoms with E-state index in [0.717, 1.165) is 19.3 Å². The third-order valence-corrected chi connectivity index (χ3v) is 3.97. The van der Waals surface area contributed by atoms with Gasteiger partial charge in [0, 0.05) is 5.56 Å². The molecule has 2 fully saturated rings. The van der Waals surface area contributed by atoms with Crippen LogP contribution >= 0.6 is 0 Å². The largest absolute Gasteiger partial charge is 0.373 e. The fraction of sp³-hybridized carbons (Fsp3) is 0.438. The highest BCUT2D eigenvalue weighted by atomic mass is 19.1. The standard InChI is InChI=1S/C16H17FN2O2/c17-13-8-10(2-1-7-18)3-5-12(13)16(20)19-14-9-11-4-6-15(14)21-11/h3,5,8,11,14-15H,4,6-7,9,18H2,(H,19,20). The molecule has 4 nitrogen and oxygen atoms in total. The van der Waals surface area contributed by atoms with Crippen molar-refractivity contribution in [3.63, 3.8) is 0 Å². The van der Waals surface area contributed by atoms with E-state index in [9.17, 15) is 9.18 Å². The van der Waals surface area contributed by atoms with Gasteiger partial charge in [0.2, 0.25) is 0 Å². The summed E-state index contributed by atoms with van der Waals surface area (Å²) in [5.74, 6) is 4.43. The van der Waals surface area contributed by atoms with E-state index in [0.29, 0.717) is 5.56 Å². The maximum atomic E-state index is 14.0. The molecular formula is C16H17FN2O2. The van der Waals surface area contributed by atoms with E-state index in [1.54, 1.807) is 6.07 Å². The monoisotopic (exact) mass is 288 g/mol. The van der Waals surface area contributed by atoms with Crippen LogP contribution < -0.4 is 11.1 Å². The van der Waals surface area contributed by atoms with E-state index in [-0.39, 0.29) is 30.4 Å². The van der Waals surface area contributed by atoms with Gasteiger partial charge in [0.1, 0.15) is 5.82 Å². The number of benzene rings is 1. The second kappa shape index (κ2) is 5.84. The lowest BCUT2D eigenvalue weighted by atomic mass is 9.95. The lowest BCUT2D eigenvalue weighted by molar-refractivity contribution is 0.0838. The van der Waals surface area contributed by atoms with Crippen LogP contribution in [0, 0.1) is 17.7 Å². The predicted octanol–water partition coefficient (Wildman–Crippen LogP) is 1.19. The fourth-order valence-electron chi connectivity index (χ4n) is 2.97. The SMILES string of the molecule is NCC#Cc1ccc(C(=O)NC2CC3CCC2O3)c(F)c1. The normalized spacial score (nSPS) is 26.3. The van der Waals surface area contributed by atoms with Crippen LogP contribution in [0.4, 0.5) is 4.39 Å². The van der Waals surface area contributed by atoms with Crippen LogP contribution in [-0.2, 0) is 4.74 Å². The van der Waals surface area contributed by atoms with Gasteiger partial charge in [0.15, 0.2) is 0 Å². The highest BCUT2D eigenvalue weighted by Gasteiger charge is 2.41. The van der Waals surface area contributed by atoms with Crippen LogP contribution in [0.3, 0.4) is 0 Å². The van der Waals surface area contributed by atoms with Crippen LogP contribution in [0.25, 0.3) is 0 Å². The third-order valence-electron chi connectivity index (χ3n) is 3.97. The number of nitrogens with two attached hydrogens (primary N) is 1. The molecule has 3 unspecified atom stereocenters. The van der Waals surface area contributed by atoms with E-state index in [1.165, 1.54) is 12.1 Å². The van der Waals surface area contributed by atoms with Crippen molar-refractivity contribution in [1.29, 1.82) is 0 Å². The summed E-state index contributed by atoms with van der Waals surface area (Å²) < 4.78 is 19.7. The zero-order valence-electron chi connectivity index (χ0n) is 11.6. The molecule has 21 heavy (non-hydrogen) atoms. The van der Waals surface area contributed by atoms with Gasteiger partial charge in [0.25, 0.3) is 5.91 Å². The van der Waals surface area contributed by atoms with E-state index in [1.807, 2.05) is 0 Å². The summed E-state index contributed by atoms with van der Waals surface area (Å²) in [6.07, 6.45) is 3.17. The molecule has 2 saturated heterocycles. The Labute approximate surface area is 122 Å². The Bertz CT molecular complexity index is 620. The third kappa shape index (κ3) is 2.92. The Morgan fingerprint density at radius 3 is 2.95 bits per heavy atom. The topological polar surface area (TPSA) is 64.4 Å². The molecule has 2 aliphatic heterocycles. The first-order valence-corrected chi connectivity index (χ1v) is 7.12. The van der Waals surface area contributed by atoms with Crippen LogP contribution in [0.15, 0.2) is 18.2 Å². The molecule has 1 aromatic rings. The van der Waals surface area contributed by atoms with Gasteiger partial charge in [-0.2, -0.15) is 0 Å². The van der Waals surface area contributed by atoms with Crippen molar-refractivity contribution in [3.05, 3.63) is 35.1 Å². The molecule has 0 aliphatic carbocycles. The minimum Gasteiger partial charge on any atom is -0.373 e. The van der Waals surface area contributed by atoms with Crippen LogP contribution in [0.1, 0.15) is 35.2 Å². The number of amides is 1. The van der Waals surface area contributed by atoms with Crippen molar-refractivity contribution < 1.29 is 13.9 Å². The number of carbonyl (C=O) groups is 1. The van der Waals surface area contributed by atoms with Gasteiger partial charge in [-0.25, -0.2) is 4.39 Å². The van der Waals surface area contributed by atoms with Crippen molar-refractivity contribution in [2.24, 2.45) is 5.73 Å². The Morgan fingerprint density at radius 2 is 2.33 bits per heavy atom. The molecule has 3 rings (SSSR count). The molecule has 3 atom stereocenters. The summed E-state index contributed by atoms with van der Waals surface area (Å²) in [5, 5.41) is 2.87. The van der Waals surface area contributed by atoms with Gasteiger partial charge in [-0.15, -0.1) is 0 Å². The molecule has 0 spiro atoms. The highest BCUT2D eigenvalue weighted by Crippen LogP contribution is 2.34. The predicted molar refractivity (Wildman–Crippen MR) is 76.1 cm³/mol. The molecule has 1 amide bonds. The average Bonchev–Trinajstić information content (AvgIpc) is 3.07. The first-order valence-electron chi connectivity index (χ1n) is 7.12. The Hall–Kier alpha value is -1.90. The van der Waals surface area contributed by atoms with Crippen LogP contribution in [0.5, 0.6) is 0 Å². The summed E-state index contributed by atoms with van der Waals surface area (Å²) in [7, 11) is 0. The lowest BCUT2D eigenvalue weighted by Gasteiger charge is -2.20. The second-order valence-electron chi connectivity index (χ2n) is 5.39. The minimum absolute atomic E-state index is 0.00708. The van der Waals surface area contributed by atoms with E-state index < -0.39 is 11.7 Å². The maximum Gasteiger partial charge on any atom is 0.254 e. The van der Waals surface area contributed by atoms with Crippen molar-refractivity contribution in [1.82, 2.24) is 5.32 Å². The van der Waals surface area contributed by atoms with Crippen LogP contribution in [0.2, 0.25) is 0 Å². The Morgan fingerprint density at radius 1 is 1.48 bits per heavy atom. The van der Waals surface area contributed by atoms with Crippen molar-refractivity contribution in [3.8, 4) is 11.8 Å². The summed E-state index contributed by atoms with van der Waals surface area (Å²) >= 11 is 0. The first kappa shape index (κ1) is 14.1. The number of ether oxygens (including phenoxy) is 1. The summed E-state index contributed by atoms with van der Waals surface area (Å²) in [4.78, 5) is 12.2. The van der Waals surface area contributed by atoms with Gasteiger partial charge in [-0.3, -0.25) is 4.79 Å². The summed E-state index contributed by atoms with van der Waals surface area (Å²) in [6.45, 7) is 0.216. The van der Waals surface area contributed by atoms with Crippen molar-refractivity contribution >= 4 is 5.91 Å².